The summed E-state index contributed by atoms with van der Waals surface area (Å²) in [6.07, 6.45) is 0. The zero-order valence-electron chi connectivity index (χ0n) is 10.3. The first-order chi connectivity index (χ1) is 9.25. The number of ether oxygens (including phenoxy) is 1. The molecule has 1 aromatic carbocycles. The Morgan fingerprint density at radius 3 is 2.65 bits per heavy atom. The fourth-order valence-electron chi connectivity index (χ4n) is 1.31. The molecule has 0 unspecified atom stereocenters. The minimum absolute atomic E-state index is 0.225. The maximum Gasteiger partial charge on any atom is 0.271 e. The van der Waals surface area contributed by atoms with Crippen molar-refractivity contribution in [3.05, 3.63) is 28.3 Å². The molecule has 0 spiro atoms. The highest BCUT2D eigenvalue weighted by atomic mass is 35.7. The van der Waals surface area contributed by atoms with Crippen LogP contribution in [0.1, 0.15) is 6.92 Å². The molecule has 0 saturated carbocycles. The number of nitro groups is 1. The Balaban J connectivity index is 3.07. The van der Waals surface area contributed by atoms with E-state index in [-0.39, 0.29) is 5.75 Å². The van der Waals surface area contributed by atoms with Gasteiger partial charge in [0.2, 0.25) is 0 Å². The average Bonchev–Trinajstić information content (AvgIpc) is 2.35. The van der Waals surface area contributed by atoms with Gasteiger partial charge in [0, 0.05) is 29.4 Å². The van der Waals surface area contributed by atoms with Gasteiger partial charge in [-0.15, -0.1) is 0 Å². The molecule has 1 aromatic rings. The Morgan fingerprint density at radius 2 is 2.15 bits per heavy atom. The molecule has 0 heterocycles. The van der Waals surface area contributed by atoms with Crippen LogP contribution in [0.4, 0.5) is 5.69 Å². The number of amides is 1. The molecule has 0 fully saturated rings. The highest BCUT2D eigenvalue weighted by molar-refractivity contribution is 8.13. The third kappa shape index (κ3) is 4.35. The van der Waals surface area contributed by atoms with Gasteiger partial charge in [0.25, 0.3) is 20.6 Å². The van der Waals surface area contributed by atoms with Crippen LogP contribution in [0.2, 0.25) is 0 Å². The summed E-state index contributed by atoms with van der Waals surface area (Å²) in [6.45, 7) is 1.67. The van der Waals surface area contributed by atoms with Crippen molar-refractivity contribution in [2.45, 2.75) is 11.8 Å². The summed E-state index contributed by atoms with van der Waals surface area (Å²) in [5.41, 5.74) is -0.449. The molecule has 0 aliphatic heterocycles. The van der Waals surface area contributed by atoms with Crippen LogP contribution in [0.3, 0.4) is 0 Å². The van der Waals surface area contributed by atoms with Gasteiger partial charge in [0.1, 0.15) is 10.6 Å². The van der Waals surface area contributed by atoms with Crippen molar-refractivity contribution >= 4 is 31.3 Å². The van der Waals surface area contributed by atoms with Gasteiger partial charge in [0.05, 0.1) is 4.92 Å². The van der Waals surface area contributed by atoms with Crippen molar-refractivity contribution in [1.82, 2.24) is 5.32 Å². The SMILES string of the molecule is CCNC(=O)COc1ccc([N+](=O)[O-])cc1S(=O)(=O)Cl. The average molecular weight is 323 g/mol. The fourth-order valence-corrected chi connectivity index (χ4v) is 2.30. The number of carbonyl (C=O) groups is 1. The number of carbonyl (C=O) groups excluding carboxylic acids is 1. The van der Waals surface area contributed by atoms with Crippen molar-refractivity contribution in [2.24, 2.45) is 0 Å². The molecule has 110 valence electrons. The number of likely N-dealkylation sites (N-methyl/N-ethyl adjacent to an activating group) is 1. The highest BCUT2D eigenvalue weighted by Crippen LogP contribution is 2.30. The first-order valence-electron chi connectivity index (χ1n) is 5.38. The van der Waals surface area contributed by atoms with E-state index in [4.69, 9.17) is 15.4 Å². The minimum atomic E-state index is -4.24. The van der Waals surface area contributed by atoms with Crippen LogP contribution in [0.5, 0.6) is 5.75 Å². The Bertz CT molecular complexity index is 631. The van der Waals surface area contributed by atoms with Crippen LogP contribution in [0, 0.1) is 10.1 Å². The molecule has 1 amide bonds. The molecule has 0 saturated heterocycles. The first kappa shape index (κ1) is 16.2. The molecule has 8 nitrogen and oxygen atoms in total. The smallest absolute Gasteiger partial charge is 0.271 e. The summed E-state index contributed by atoms with van der Waals surface area (Å²) < 4.78 is 27.7. The number of hydrogen-bond donors (Lipinski definition) is 1. The summed E-state index contributed by atoms with van der Waals surface area (Å²) >= 11 is 0. The number of benzene rings is 1. The van der Waals surface area contributed by atoms with Gasteiger partial charge in [-0.05, 0) is 13.0 Å². The summed E-state index contributed by atoms with van der Waals surface area (Å²) in [4.78, 5) is 20.5. The van der Waals surface area contributed by atoms with Gasteiger partial charge in [0.15, 0.2) is 6.61 Å². The molecule has 1 rings (SSSR count). The Hall–Kier alpha value is -1.87. The molecule has 0 aliphatic rings. The van der Waals surface area contributed by atoms with Crippen LogP contribution >= 0.6 is 10.7 Å². The second-order valence-electron chi connectivity index (χ2n) is 3.57. The Labute approximate surface area is 119 Å². The molecule has 0 atom stereocenters. The van der Waals surface area contributed by atoms with Crippen molar-refractivity contribution in [3.63, 3.8) is 0 Å². The van der Waals surface area contributed by atoms with Crippen LogP contribution < -0.4 is 10.1 Å². The zero-order valence-corrected chi connectivity index (χ0v) is 11.9. The number of halogens is 1. The monoisotopic (exact) mass is 322 g/mol. The van der Waals surface area contributed by atoms with E-state index in [1.54, 1.807) is 6.92 Å². The lowest BCUT2D eigenvalue weighted by Crippen LogP contribution is -2.28. The normalized spacial score (nSPS) is 10.9. The Kier molecular flexibility index (Phi) is 5.28. The minimum Gasteiger partial charge on any atom is -0.482 e. The van der Waals surface area contributed by atoms with E-state index in [9.17, 15) is 23.3 Å². The van der Waals surface area contributed by atoms with E-state index in [1.807, 2.05) is 0 Å². The van der Waals surface area contributed by atoms with Gasteiger partial charge in [-0.1, -0.05) is 0 Å². The lowest BCUT2D eigenvalue weighted by Gasteiger charge is -2.09. The van der Waals surface area contributed by atoms with Crippen molar-refractivity contribution in [1.29, 1.82) is 0 Å². The van der Waals surface area contributed by atoms with Gasteiger partial charge in [-0.2, -0.15) is 0 Å². The predicted molar refractivity (Wildman–Crippen MR) is 70.3 cm³/mol. The lowest BCUT2D eigenvalue weighted by atomic mass is 10.3. The number of rotatable bonds is 6. The number of nitrogens with zero attached hydrogens (tertiary/aromatic N) is 1. The molecule has 0 aliphatic carbocycles. The van der Waals surface area contributed by atoms with Crippen LogP contribution in [0.25, 0.3) is 0 Å². The second kappa shape index (κ2) is 6.53. The maximum atomic E-state index is 11.4. The van der Waals surface area contributed by atoms with Crippen molar-refractivity contribution < 1.29 is 22.9 Å². The Morgan fingerprint density at radius 1 is 1.50 bits per heavy atom. The van der Waals surface area contributed by atoms with Gasteiger partial charge < -0.3 is 10.1 Å². The van der Waals surface area contributed by atoms with Crippen molar-refractivity contribution in [3.8, 4) is 5.75 Å². The second-order valence-corrected chi connectivity index (χ2v) is 6.10. The molecular weight excluding hydrogens is 312 g/mol. The number of nitro benzene ring substituents is 1. The number of nitrogens with one attached hydrogen (secondary N) is 1. The summed E-state index contributed by atoms with van der Waals surface area (Å²) in [5, 5.41) is 13.1. The van der Waals surface area contributed by atoms with Gasteiger partial charge in [-0.25, -0.2) is 8.42 Å². The summed E-state index contributed by atoms with van der Waals surface area (Å²) in [5.74, 6) is -0.680. The van der Waals surface area contributed by atoms with Crippen LogP contribution in [-0.4, -0.2) is 32.4 Å². The predicted octanol–water partition coefficient (Wildman–Crippen LogP) is 1.04. The third-order valence-electron chi connectivity index (χ3n) is 2.13. The van der Waals surface area contributed by atoms with Crippen LogP contribution in [-0.2, 0) is 13.8 Å². The molecule has 0 bridgehead atoms. The summed E-state index contributed by atoms with van der Waals surface area (Å²) in [7, 11) is 0.947. The van der Waals surface area contributed by atoms with E-state index in [0.717, 1.165) is 18.2 Å². The fraction of sp³-hybridized carbons (Fsp3) is 0.300. The summed E-state index contributed by atoms with van der Waals surface area (Å²) in [6, 6.07) is 2.90. The zero-order chi connectivity index (χ0) is 15.3. The van der Waals surface area contributed by atoms with E-state index >= 15 is 0 Å². The molecule has 1 N–H and O–H groups in total. The van der Waals surface area contributed by atoms with E-state index < -0.39 is 37.1 Å². The molecule has 0 aromatic heterocycles. The van der Waals surface area contributed by atoms with Gasteiger partial charge in [-0.3, -0.25) is 14.9 Å². The van der Waals surface area contributed by atoms with E-state index in [2.05, 4.69) is 5.32 Å². The van der Waals surface area contributed by atoms with Crippen LogP contribution in [0.15, 0.2) is 23.1 Å². The van der Waals surface area contributed by atoms with Crippen molar-refractivity contribution in [2.75, 3.05) is 13.2 Å². The number of hydrogen-bond acceptors (Lipinski definition) is 6. The molecular formula is C10H11ClN2O6S. The third-order valence-corrected chi connectivity index (χ3v) is 3.48. The molecule has 20 heavy (non-hydrogen) atoms. The number of non-ortho nitro benzene ring substituents is 1. The topological polar surface area (TPSA) is 116 Å². The molecule has 0 radical (unpaired) electrons. The van der Waals surface area contributed by atoms with E-state index in [1.165, 1.54) is 0 Å². The maximum absolute atomic E-state index is 11.4. The highest BCUT2D eigenvalue weighted by Gasteiger charge is 2.21. The van der Waals surface area contributed by atoms with E-state index in [0.29, 0.717) is 6.54 Å². The first-order valence-corrected chi connectivity index (χ1v) is 7.69. The van der Waals surface area contributed by atoms with Gasteiger partial charge >= 0.3 is 0 Å². The molecule has 10 heteroatoms. The largest absolute Gasteiger partial charge is 0.482 e. The quantitative estimate of drug-likeness (QED) is 0.475. The lowest BCUT2D eigenvalue weighted by molar-refractivity contribution is -0.385. The standard InChI is InChI=1S/C10H11ClN2O6S/c1-2-12-10(14)6-19-8-4-3-7(13(15)16)5-9(8)20(11,17)18/h3-5H,2,6H2,1H3,(H,12,14).